The van der Waals surface area contributed by atoms with Crippen molar-refractivity contribution in [1.29, 1.82) is 0 Å². The van der Waals surface area contributed by atoms with Gasteiger partial charge in [0.2, 0.25) is 5.91 Å². The molecule has 0 spiro atoms. The third-order valence-corrected chi connectivity index (χ3v) is 5.19. The Morgan fingerprint density at radius 3 is 2.73 bits per heavy atom. The molecule has 5 nitrogen and oxygen atoms in total. The van der Waals surface area contributed by atoms with E-state index in [-0.39, 0.29) is 5.91 Å². The number of benzene rings is 2. The van der Waals surface area contributed by atoms with Crippen molar-refractivity contribution in [2.75, 3.05) is 5.32 Å². The molecule has 4 rings (SSSR count). The van der Waals surface area contributed by atoms with Gasteiger partial charge in [0.15, 0.2) is 5.65 Å². The van der Waals surface area contributed by atoms with E-state index in [9.17, 15) is 4.79 Å². The number of amides is 1. The Labute approximate surface area is 180 Å². The molecule has 6 heteroatoms. The summed E-state index contributed by atoms with van der Waals surface area (Å²) >= 11 is 5.98. The number of hydrogen-bond acceptors (Lipinski definition) is 3. The van der Waals surface area contributed by atoms with Gasteiger partial charge in [-0.25, -0.2) is 9.97 Å². The van der Waals surface area contributed by atoms with Gasteiger partial charge in [0, 0.05) is 29.7 Å². The Balaban J connectivity index is 1.45. The van der Waals surface area contributed by atoms with Gasteiger partial charge in [0.1, 0.15) is 11.3 Å². The molecule has 0 atom stereocenters. The van der Waals surface area contributed by atoms with E-state index >= 15 is 0 Å². The SMILES string of the molecule is Cc1ccc(Cn2c(CCCC(=O)Nc3cccc(Cl)c3)nc3cccnc32)cc1. The molecule has 0 bridgehead atoms. The second-order valence-corrected chi connectivity index (χ2v) is 7.79. The Kier molecular flexibility index (Phi) is 6.10. The lowest BCUT2D eigenvalue weighted by Crippen LogP contribution is -2.12. The first-order valence-corrected chi connectivity index (χ1v) is 10.4. The molecule has 1 amide bonds. The molecule has 0 saturated carbocycles. The van der Waals surface area contributed by atoms with E-state index in [1.165, 1.54) is 11.1 Å². The molecule has 152 valence electrons. The van der Waals surface area contributed by atoms with Crippen LogP contribution in [0.3, 0.4) is 0 Å². The molecule has 2 aromatic carbocycles. The zero-order chi connectivity index (χ0) is 20.9. The summed E-state index contributed by atoms with van der Waals surface area (Å²) in [5.41, 5.74) is 4.89. The number of rotatable bonds is 7. The first-order valence-electron chi connectivity index (χ1n) is 9.99. The Bertz CT molecular complexity index is 1170. The van der Waals surface area contributed by atoms with Gasteiger partial charge >= 0.3 is 0 Å². The van der Waals surface area contributed by atoms with Crippen LogP contribution in [0, 0.1) is 6.92 Å². The number of fused-ring (bicyclic) bond motifs is 1. The standard InChI is InChI=1S/C24H23ClN4O/c1-17-10-12-18(13-11-17)16-29-22(28-21-7-4-14-26-24(21)29)8-3-9-23(30)27-20-6-2-5-19(25)15-20/h2,4-7,10-15H,3,8-9,16H2,1H3,(H,27,30). The number of nitrogens with one attached hydrogen (secondary N) is 1. The molecular formula is C24H23ClN4O. The fourth-order valence-corrected chi connectivity index (χ4v) is 3.63. The third kappa shape index (κ3) is 4.86. The predicted octanol–water partition coefficient (Wildman–Crippen LogP) is 5.40. The Hall–Kier alpha value is -3.18. The molecule has 0 aliphatic heterocycles. The van der Waals surface area contributed by atoms with Gasteiger partial charge in [-0.1, -0.05) is 47.5 Å². The number of aryl methyl sites for hydroxylation is 2. The lowest BCUT2D eigenvalue weighted by atomic mass is 10.1. The van der Waals surface area contributed by atoms with Gasteiger partial charge in [-0.2, -0.15) is 0 Å². The average Bonchev–Trinajstić information content (AvgIpc) is 3.07. The van der Waals surface area contributed by atoms with Crippen LogP contribution in [-0.2, 0) is 17.8 Å². The van der Waals surface area contributed by atoms with Crippen LogP contribution < -0.4 is 5.32 Å². The summed E-state index contributed by atoms with van der Waals surface area (Å²) in [5, 5.41) is 3.49. The van der Waals surface area contributed by atoms with E-state index in [0.717, 1.165) is 17.0 Å². The second-order valence-electron chi connectivity index (χ2n) is 7.36. The topological polar surface area (TPSA) is 59.8 Å². The molecule has 4 aromatic rings. The van der Waals surface area contributed by atoms with Gasteiger partial charge in [0.05, 0.1) is 6.54 Å². The fourth-order valence-electron chi connectivity index (χ4n) is 3.44. The summed E-state index contributed by atoms with van der Waals surface area (Å²) < 4.78 is 2.15. The maximum absolute atomic E-state index is 12.3. The van der Waals surface area contributed by atoms with Crippen molar-refractivity contribution in [3.8, 4) is 0 Å². The van der Waals surface area contributed by atoms with Crippen molar-refractivity contribution >= 4 is 34.4 Å². The first-order chi connectivity index (χ1) is 14.6. The molecule has 0 radical (unpaired) electrons. The van der Waals surface area contributed by atoms with Crippen molar-refractivity contribution in [3.63, 3.8) is 0 Å². The third-order valence-electron chi connectivity index (χ3n) is 4.96. The number of aromatic nitrogens is 3. The lowest BCUT2D eigenvalue weighted by Gasteiger charge is -2.10. The molecule has 1 N–H and O–H groups in total. The molecule has 0 saturated heterocycles. The summed E-state index contributed by atoms with van der Waals surface area (Å²) in [5.74, 6) is 0.913. The summed E-state index contributed by atoms with van der Waals surface area (Å²) in [6, 6.07) is 19.5. The molecule has 0 aliphatic carbocycles. The lowest BCUT2D eigenvalue weighted by molar-refractivity contribution is -0.116. The van der Waals surface area contributed by atoms with Crippen LogP contribution in [0.2, 0.25) is 5.02 Å². The minimum Gasteiger partial charge on any atom is -0.326 e. The Morgan fingerprint density at radius 2 is 1.93 bits per heavy atom. The van der Waals surface area contributed by atoms with Crippen LogP contribution in [0.1, 0.15) is 29.8 Å². The summed E-state index contributed by atoms with van der Waals surface area (Å²) in [6.07, 6.45) is 3.60. The van der Waals surface area contributed by atoms with Gasteiger partial charge < -0.3 is 9.88 Å². The summed E-state index contributed by atoms with van der Waals surface area (Å²) in [6.45, 7) is 2.79. The largest absolute Gasteiger partial charge is 0.326 e. The van der Waals surface area contributed by atoms with E-state index in [1.807, 2.05) is 24.3 Å². The molecular weight excluding hydrogens is 396 g/mol. The maximum atomic E-state index is 12.3. The van der Waals surface area contributed by atoms with Crippen LogP contribution in [0.15, 0.2) is 66.9 Å². The summed E-state index contributed by atoms with van der Waals surface area (Å²) in [4.78, 5) is 21.6. The van der Waals surface area contributed by atoms with Gasteiger partial charge in [-0.15, -0.1) is 0 Å². The molecule has 0 fully saturated rings. The molecule has 30 heavy (non-hydrogen) atoms. The zero-order valence-electron chi connectivity index (χ0n) is 16.8. The second kappa shape index (κ2) is 9.09. The van der Waals surface area contributed by atoms with Gasteiger partial charge in [0.25, 0.3) is 0 Å². The minimum absolute atomic E-state index is 0.0309. The van der Waals surface area contributed by atoms with Crippen LogP contribution in [-0.4, -0.2) is 20.4 Å². The van der Waals surface area contributed by atoms with Crippen molar-refractivity contribution in [3.05, 3.63) is 88.8 Å². The number of carbonyl (C=O) groups excluding carboxylic acids is 1. The Morgan fingerprint density at radius 1 is 1.10 bits per heavy atom. The summed E-state index contributed by atoms with van der Waals surface area (Å²) in [7, 11) is 0. The smallest absolute Gasteiger partial charge is 0.224 e. The molecule has 2 aromatic heterocycles. The van der Waals surface area contributed by atoms with Gasteiger partial charge in [-0.05, 0) is 49.2 Å². The molecule has 0 unspecified atom stereocenters. The van der Waals surface area contributed by atoms with Crippen LogP contribution in [0.4, 0.5) is 5.69 Å². The van der Waals surface area contributed by atoms with E-state index < -0.39 is 0 Å². The van der Waals surface area contributed by atoms with E-state index in [1.54, 1.807) is 18.3 Å². The molecule has 0 aliphatic rings. The highest BCUT2D eigenvalue weighted by atomic mass is 35.5. The van der Waals surface area contributed by atoms with Crippen LogP contribution in [0.25, 0.3) is 11.2 Å². The number of nitrogens with zero attached hydrogens (tertiary/aromatic N) is 3. The number of anilines is 1. The monoisotopic (exact) mass is 418 g/mol. The highest BCUT2D eigenvalue weighted by Crippen LogP contribution is 2.19. The minimum atomic E-state index is -0.0309. The van der Waals surface area contributed by atoms with Crippen molar-refractivity contribution in [2.45, 2.75) is 32.7 Å². The zero-order valence-corrected chi connectivity index (χ0v) is 17.6. The average molecular weight is 419 g/mol. The number of carbonyl (C=O) groups is 1. The highest BCUT2D eigenvalue weighted by molar-refractivity contribution is 6.30. The maximum Gasteiger partial charge on any atom is 0.224 e. The quantitative estimate of drug-likeness (QED) is 0.437. The van der Waals surface area contributed by atoms with Crippen molar-refractivity contribution in [2.24, 2.45) is 0 Å². The van der Waals surface area contributed by atoms with Gasteiger partial charge in [-0.3, -0.25) is 4.79 Å². The number of halogens is 1. The first kappa shape index (κ1) is 20.1. The number of imidazole rings is 1. The highest BCUT2D eigenvalue weighted by Gasteiger charge is 2.13. The normalized spacial score (nSPS) is 11.0. The van der Waals surface area contributed by atoms with E-state index in [2.05, 4.69) is 46.1 Å². The molecule has 2 heterocycles. The fraction of sp³-hybridized carbons (Fsp3) is 0.208. The number of pyridine rings is 1. The van der Waals surface area contributed by atoms with E-state index in [4.69, 9.17) is 16.6 Å². The van der Waals surface area contributed by atoms with Crippen LogP contribution >= 0.6 is 11.6 Å². The predicted molar refractivity (Wildman–Crippen MR) is 121 cm³/mol. The van der Waals surface area contributed by atoms with Crippen LogP contribution in [0.5, 0.6) is 0 Å². The van der Waals surface area contributed by atoms with E-state index in [0.29, 0.717) is 36.5 Å². The number of hydrogen-bond donors (Lipinski definition) is 1. The van der Waals surface area contributed by atoms with Crippen molar-refractivity contribution < 1.29 is 4.79 Å². The van der Waals surface area contributed by atoms with Crippen molar-refractivity contribution in [1.82, 2.24) is 14.5 Å².